The highest BCUT2D eigenvalue weighted by Crippen LogP contribution is 2.40. The molecule has 0 atom stereocenters. The predicted molar refractivity (Wildman–Crippen MR) is 140 cm³/mol. The summed E-state index contributed by atoms with van der Waals surface area (Å²) in [5.41, 5.74) is 10.0. The Balaban J connectivity index is 1.51. The third-order valence-electron chi connectivity index (χ3n) is 7.22. The van der Waals surface area contributed by atoms with Crippen molar-refractivity contribution in [2.24, 2.45) is 5.73 Å². The molecular weight excluding hydrogens is 479 g/mol. The van der Waals surface area contributed by atoms with Crippen LogP contribution >= 0.6 is 11.6 Å². The van der Waals surface area contributed by atoms with Gasteiger partial charge in [-0.1, -0.05) is 29.8 Å². The number of hydrogen-bond donors (Lipinski definition) is 2. The van der Waals surface area contributed by atoms with Crippen LogP contribution in [-0.2, 0) is 12.1 Å². The minimum absolute atomic E-state index is 0.183. The number of imidazole rings is 1. The van der Waals surface area contributed by atoms with E-state index in [0.29, 0.717) is 28.6 Å². The molecule has 0 unspecified atom stereocenters. The summed E-state index contributed by atoms with van der Waals surface area (Å²) in [4.78, 5) is 4.89. The Morgan fingerprint density at radius 1 is 1.11 bits per heavy atom. The maximum atomic E-state index is 14.3. The summed E-state index contributed by atoms with van der Waals surface area (Å²) in [5, 5.41) is 4.17. The van der Waals surface area contributed by atoms with Gasteiger partial charge in [-0.05, 0) is 55.5 Å². The first-order valence-electron chi connectivity index (χ1n) is 12.1. The zero-order valence-electron chi connectivity index (χ0n) is 20.4. The van der Waals surface area contributed by atoms with E-state index in [9.17, 15) is 4.39 Å². The van der Waals surface area contributed by atoms with Crippen molar-refractivity contribution < 1.29 is 13.9 Å². The average Bonchev–Trinajstić information content (AvgIpc) is 3.32. The molecular formula is C28H30ClFN4O2. The van der Waals surface area contributed by atoms with Gasteiger partial charge in [0, 0.05) is 47.7 Å². The fourth-order valence-electron chi connectivity index (χ4n) is 5.08. The minimum atomic E-state index is -0.312. The van der Waals surface area contributed by atoms with E-state index in [4.69, 9.17) is 31.8 Å². The molecule has 1 aliphatic rings. The summed E-state index contributed by atoms with van der Waals surface area (Å²) < 4.78 is 27.2. The van der Waals surface area contributed by atoms with Crippen molar-refractivity contribution in [3.8, 4) is 22.8 Å². The van der Waals surface area contributed by atoms with Crippen LogP contribution in [-0.4, -0.2) is 29.6 Å². The van der Waals surface area contributed by atoms with Crippen molar-refractivity contribution >= 4 is 17.2 Å². The van der Waals surface area contributed by atoms with Crippen LogP contribution in [0.5, 0.6) is 11.5 Å². The first-order chi connectivity index (χ1) is 17.4. The first-order valence-corrected chi connectivity index (χ1v) is 12.5. The van der Waals surface area contributed by atoms with Crippen molar-refractivity contribution in [2.75, 3.05) is 14.2 Å². The van der Waals surface area contributed by atoms with Gasteiger partial charge in [0.15, 0.2) is 0 Å². The summed E-state index contributed by atoms with van der Waals surface area (Å²) in [5.74, 6) is 0.971. The molecule has 2 aromatic heterocycles. The molecule has 4 aromatic rings. The smallest absolute Gasteiger partial charge is 0.141 e. The van der Waals surface area contributed by atoms with Gasteiger partial charge in [-0.2, -0.15) is 0 Å². The number of aromatic nitrogens is 2. The van der Waals surface area contributed by atoms with E-state index in [0.717, 1.165) is 48.2 Å². The second-order valence-electron chi connectivity index (χ2n) is 9.36. The second-order valence-corrected chi connectivity index (χ2v) is 9.77. The molecule has 0 bridgehead atoms. The molecule has 36 heavy (non-hydrogen) atoms. The quantitative estimate of drug-likeness (QED) is 0.335. The molecule has 0 aliphatic heterocycles. The lowest BCUT2D eigenvalue weighted by molar-refractivity contribution is 0.214. The SMILES string of the molecule is COc1cc(OC)c(-c2cn3ccc(C4(NCc5ccccc5F)CCC(N)CC4)cc3n2)cc1Cl. The Morgan fingerprint density at radius 2 is 1.86 bits per heavy atom. The molecule has 0 radical (unpaired) electrons. The molecule has 1 aliphatic carbocycles. The predicted octanol–water partition coefficient (Wildman–Crippen LogP) is 5.70. The highest BCUT2D eigenvalue weighted by molar-refractivity contribution is 6.32. The average molecular weight is 509 g/mol. The monoisotopic (exact) mass is 508 g/mol. The van der Waals surface area contributed by atoms with Gasteiger partial charge in [-0.3, -0.25) is 0 Å². The molecule has 0 amide bonds. The Morgan fingerprint density at radius 3 is 2.58 bits per heavy atom. The summed E-state index contributed by atoms with van der Waals surface area (Å²) >= 11 is 6.40. The van der Waals surface area contributed by atoms with Gasteiger partial charge < -0.3 is 24.9 Å². The summed E-state index contributed by atoms with van der Waals surface area (Å²) in [7, 11) is 3.18. The second kappa shape index (κ2) is 10.1. The van der Waals surface area contributed by atoms with Crippen molar-refractivity contribution in [3.63, 3.8) is 0 Å². The fourth-order valence-corrected chi connectivity index (χ4v) is 5.32. The van der Waals surface area contributed by atoms with Crippen LogP contribution in [0.25, 0.3) is 16.9 Å². The molecule has 1 saturated carbocycles. The number of nitrogens with zero attached hydrogens (tertiary/aromatic N) is 2. The van der Waals surface area contributed by atoms with Crippen LogP contribution in [0.3, 0.4) is 0 Å². The van der Waals surface area contributed by atoms with Crippen LogP contribution in [0.2, 0.25) is 5.02 Å². The van der Waals surface area contributed by atoms with Crippen LogP contribution in [0.15, 0.2) is 60.9 Å². The topological polar surface area (TPSA) is 73.8 Å². The molecule has 188 valence electrons. The standard InChI is InChI=1S/C28H30ClFN4O2/c1-35-25-15-26(36-2)22(29)14-21(25)24-17-34-12-9-19(13-27(34)33-24)28(10-7-20(31)8-11-28)32-16-18-5-3-4-6-23(18)30/h3-6,9,12-15,17,20,32H,7-8,10-11,16,31H2,1-2H3. The molecule has 0 saturated heterocycles. The number of fused-ring (bicyclic) bond motifs is 1. The van der Waals surface area contributed by atoms with E-state index in [1.54, 1.807) is 26.4 Å². The number of nitrogens with two attached hydrogens (primary N) is 1. The van der Waals surface area contributed by atoms with Gasteiger partial charge in [0.1, 0.15) is 23.0 Å². The molecule has 2 heterocycles. The zero-order chi connectivity index (χ0) is 25.3. The Labute approximate surface area is 215 Å². The van der Waals surface area contributed by atoms with Crippen LogP contribution in [0, 0.1) is 5.82 Å². The minimum Gasteiger partial charge on any atom is -0.496 e. The molecule has 6 nitrogen and oxygen atoms in total. The molecule has 3 N–H and O–H groups in total. The first kappa shape index (κ1) is 24.6. The van der Waals surface area contributed by atoms with Crippen LogP contribution in [0.1, 0.15) is 36.8 Å². The Bertz CT molecular complexity index is 1380. The number of hydrogen-bond acceptors (Lipinski definition) is 5. The summed E-state index contributed by atoms with van der Waals surface area (Å²) in [6, 6.07) is 14.9. The zero-order valence-corrected chi connectivity index (χ0v) is 21.2. The number of rotatable bonds is 7. The summed E-state index contributed by atoms with van der Waals surface area (Å²) in [6.45, 7) is 0.439. The van der Waals surface area contributed by atoms with E-state index in [2.05, 4.69) is 17.4 Å². The van der Waals surface area contributed by atoms with E-state index < -0.39 is 0 Å². The van der Waals surface area contributed by atoms with Gasteiger partial charge in [0.2, 0.25) is 0 Å². The summed E-state index contributed by atoms with van der Waals surface area (Å²) in [6.07, 6.45) is 7.51. The van der Waals surface area contributed by atoms with Gasteiger partial charge in [0.05, 0.1) is 24.9 Å². The van der Waals surface area contributed by atoms with Crippen molar-refractivity contribution in [1.29, 1.82) is 0 Å². The molecule has 5 rings (SSSR count). The lowest BCUT2D eigenvalue weighted by Gasteiger charge is -2.41. The number of ether oxygens (including phenoxy) is 2. The number of methoxy groups -OCH3 is 2. The molecule has 1 fully saturated rings. The molecule has 8 heteroatoms. The van der Waals surface area contributed by atoms with Crippen molar-refractivity contribution in [1.82, 2.24) is 14.7 Å². The number of halogens is 2. The van der Waals surface area contributed by atoms with Crippen molar-refractivity contribution in [2.45, 2.75) is 43.8 Å². The lowest BCUT2D eigenvalue weighted by Crippen LogP contribution is -2.47. The Hall–Kier alpha value is -3.13. The van der Waals surface area contributed by atoms with Crippen LogP contribution < -0.4 is 20.5 Å². The van der Waals surface area contributed by atoms with E-state index >= 15 is 0 Å². The fraction of sp³-hybridized carbons (Fsp3) is 0.321. The van der Waals surface area contributed by atoms with E-state index in [1.165, 1.54) is 6.07 Å². The third kappa shape index (κ3) is 4.66. The van der Waals surface area contributed by atoms with Crippen molar-refractivity contribution in [3.05, 3.63) is 82.9 Å². The normalized spacial score (nSPS) is 20.0. The van der Waals surface area contributed by atoms with Gasteiger partial charge in [-0.15, -0.1) is 0 Å². The third-order valence-corrected chi connectivity index (χ3v) is 7.52. The molecule has 0 spiro atoms. The van der Waals surface area contributed by atoms with Crippen LogP contribution in [0.4, 0.5) is 4.39 Å². The number of nitrogens with one attached hydrogen (secondary N) is 1. The Kier molecular flexibility index (Phi) is 6.88. The molecule has 2 aromatic carbocycles. The lowest BCUT2D eigenvalue weighted by atomic mass is 9.75. The highest BCUT2D eigenvalue weighted by Gasteiger charge is 2.36. The largest absolute Gasteiger partial charge is 0.496 e. The highest BCUT2D eigenvalue weighted by atomic mass is 35.5. The van der Waals surface area contributed by atoms with E-state index in [-0.39, 0.29) is 17.4 Å². The maximum absolute atomic E-state index is 14.3. The van der Waals surface area contributed by atoms with Gasteiger partial charge in [0.25, 0.3) is 0 Å². The van der Waals surface area contributed by atoms with Gasteiger partial charge in [-0.25, -0.2) is 9.37 Å². The van der Waals surface area contributed by atoms with E-state index in [1.807, 2.05) is 35.0 Å². The number of pyridine rings is 1. The van der Waals surface area contributed by atoms with Gasteiger partial charge >= 0.3 is 0 Å². The maximum Gasteiger partial charge on any atom is 0.141 e. The number of benzene rings is 2.